The number of anilines is 2. The molecule has 7 heteroatoms. The molecule has 1 amide bonds. The first-order chi connectivity index (χ1) is 13.6. The van der Waals surface area contributed by atoms with E-state index in [4.69, 9.17) is 0 Å². The van der Waals surface area contributed by atoms with Gasteiger partial charge in [0, 0.05) is 39.3 Å². The topological polar surface area (TPSA) is 52.6 Å². The smallest absolute Gasteiger partial charge is 0.256 e. The Balaban J connectivity index is 1.35. The summed E-state index contributed by atoms with van der Waals surface area (Å²) in [6.07, 6.45) is 2.39. The van der Waals surface area contributed by atoms with Gasteiger partial charge >= 0.3 is 0 Å². The largest absolute Gasteiger partial charge is 0.355 e. The van der Waals surface area contributed by atoms with Crippen LogP contribution in [0.15, 0.2) is 36.4 Å². The van der Waals surface area contributed by atoms with Crippen LogP contribution in [-0.2, 0) is 0 Å². The van der Waals surface area contributed by atoms with Gasteiger partial charge in [-0.05, 0) is 43.0 Å². The van der Waals surface area contributed by atoms with Crippen LogP contribution in [0.5, 0.6) is 0 Å². The lowest BCUT2D eigenvalue weighted by molar-refractivity contribution is 0.0742. The van der Waals surface area contributed by atoms with Crippen molar-refractivity contribution in [1.29, 1.82) is 0 Å². The number of rotatable bonds is 3. The van der Waals surface area contributed by atoms with Crippen LogP contribution in [0.25, 0.3) is 0 Å². The fourth-order valence-electron chi connectivity index (χ4n) is 3.84. The molecule has 2 saturated heterocycles. The molecule has 2 fully saturated rings. The van der Waals surface area contributed by atoms with E-state index in [1.54, 1.807) is 17.0 Å². The molecule has 0 aliphatic carbocycles. The summed E-state index contributed by atoms with van der Waals surface area (Å²) in [5, 5.41) is 8.83. The van der Waals surface area contributed by atoms with Gasteiger partial charge in [-0.25, -0.2) is 4.39 Å². The van der Waals surface area contributed by atoms with E-state index >= 15 is 0 Å². The summed E-state index contributed by atoms with van der Waals surface area (Å²) >= 11 is 0. The minimum atomic E-state index is -0.469. The molecule has 148 valence electrons. The number of amides is 1. The number of halogens is 1. The Morgan fingerprint density at radius 2 is 1.46 bits per heavy atom. The van der Waals surface area contributed by atoms with Gasteiger partial charge in [-0.15, -0.1) is 10.2 Å². The van der Waals surface area contributed by atoms with Crippen LogP contribution in [-0.4, -0.2) is 60.3 Å². The molecule has 6 nitrogen and oxygen atoms in total. The number of hydrogen-bond acceptors (Lipinski definition) is 5. The highest BCUT2D eigenvalue weighted by Crippen LogP contribution is 2.22. The van der Waals surface area contributed by atoms with Gasteiger partial charge in [-0.3, -0.25) is 4.79 Å². The van der Waals surface area contributed by atoms with Gasteiger partial charge in [0.05, 0.1) is 5.56 Å². The quantitative estimate of drug-likeness (QED) is 0.816. The predicted molar refractivity (Wildman–Crippen MR) is 107 cm³/mol. The Morgan fingerprint density at radius 1 is 0.893 bits per heavy atom. The van der Waals surface area contributed by atoms with Gasteiger partial charge in [0.2, 0.25) is 0 Å². The van der Waals surface area contributed by atoms with Gasteiger partial charge in [0.15, 0.2) is 11.6 Å². The second-order valence-electron chi connectivity index (χ2n) is 7.68. The lowest BCUT2D eigenvalue weighted by Crippen LogP contribution is -2.49. The third-order valence-corrected chi connectivity index (χ3v) is 5.74. The molecule has 28 heavy (non-hydrogen) atoms. The summed E-state index contributed by atoms with van der Waals surface area (Å²) in [6, 6.07) is 10.2. The number of carbonyl (C=O) groups is 1. The highest BCUT2D eigenvalue weighted by atomic mass is 19.1. The highest BCUT2D eigenvalue weighted by molar-refractivity contribution is 5.94. The molecule has 0 N–H and O–H groups in total. The Labute approximate surface area is 165 Å². The number of aromatic nitrogens is 2. The van der Waals surface area contributed by atoms with Crippen LogP contribution in [0.1, 0.15) is 30.1 Å². The van der Waals surface area contributed by atoms with E-state index in [-0.39, 0.29) is 11.5 Å². The first-order valence-electron chi connectivity index (χ1n) is 9.99. The third kappa shape index (κ3) is 3.93. The molecular formula is C21H26FN5O. The second kappa shape index (κ2) is 8.12. The summed E-state index contributed by atoms with van der Waals surface area (Å²) in [4.78, 5) is 18.7. The van der Waals surface area contributed by atoms with E-state index in [1.165, 1.54) is 25.0 Å². The van der Waals surface area contributed by atoms with E-state index in [2.05, 4.69) is 26.9 Å². The summed E-state index contributed by atoms with van der Waals surface area (Å²) in [6.45, 7) is 6.77. The van der Waals surface area contributed by atoms with E-state index in [0.717, 1.165) is 30.6 Å². The average molecular weight is 383 g/mol. The first kappa shape index (κ1) is 18.7. The van der Waals surface area contributed by atoms with Crippen molar-refractivity contribution in [3.63, 3.8) is 0 Å². The Hall–Kier alpha value is -2.70. The summed E-state index contributed by atoms with van der Waals surface area (Å²) in [5.74, 6) is 1.82. The number of nitrogens with zero attached hydrogens (tertiary/aromatic N) is 5. The van der Waals surface area contributed by atoms with Crippen molar-refractivity contribution in [2.24, 2.45) is 5.92 Å². The Kier molecular flexibility index (Phi) is 5.41. The molecule has 0 unspecified atom stereocenters. The van der Waals surface area contributed by atoms with Crippen molar-refractivity contribution in [2.75, 3.05) is 49.1 Å². The predicted octanol–water partition coefficient (Wildman–Crippen LogP) is 2.81. The van der Waals surface area contributed by atoms with Crippen molar-refractivity contribution in [2.45, 2.75) is 19.8 Å². The van der Waals surface area contributed by atoms with E-state index < -0.39 is 5.82 Å². The SMILES string of the molecule is CC1CCN(c2ccc(N3CCN(C(=O)c4ccccc4F)CC3)nn2)CC1. The summed E-state index contributed by atoms with van der Waals surface area (Å²) in [5.41, 5.74) is 0.135. The number of piperidine rings is 1. The lowest BCUT2D eigenvalue weighted by atomic mass is 9.99. The molecule has 0 spiro atoms. The number of piperazine rings is 1. The fraction of sp³-hybridized carbons (Fsp3) is 0.476. The molecule has 0 bridgehead atoms. The van der Waals surface area contributed by atoms with Crippen molar-refractivity contribution in [3.8, 4) is 0 Å². The summed E-state index contributed by atoms with van der Waals surface area (Å²) in [7, 11) is 0. The molecule has 1 aromatic heterocycles. The van der Waals surface area contributed by atoms with Crippen molar-refractivity contribution in [3.05, 3.63) is 47.8 Å². The fourth-order valence-corrected chi connectivity index (χ4v) is 3.84. The minimum Gasteiger partial charge on any atom is -0.355 e. The molecule has 3 heterocycles. The van der Waals surface area contributed by atoms with E-state index in [1.807, 2.05) is 12.1 Å². The molecule has 0 atom stereocenters. The Morgan fingerprint density at radius 3 is 2.04 bits per heavy atom. The molecule has 2 aliphatic heterocycles. The maximum absolute atomic E-state index is 13.9. The molecular weight excluding hydrogens is 357 g/mol. The first-order valence-corrected chi connectivity index (χ1v) is 9.99. The van der Waals surface area contributed by atoms with Gasteiger partial charge in [-0.1, -0.05) is 19.1 Å². The Bertz CT molecular complexity index is 812. The van der Waals surface area contributed by atoms with Gasteiger partial charge in [0.1, 0.15) is 5.82 Å². The average Bonchev–Trinajstić information content (AvgIpc) is 2.74. The minimum absolute atomic E-state index is 0.135. The number of hydrogen-bond donors (Lipinski definition) is 0. The molecule has 0 saturated carbocycles. The van der Waals surface area contributed by atoms with Gasteiger partial charge in [0.25, 0.3) is 5.91 Å². The zero-order valence-corrected chi connectivity index (χ0v) is 16.2. The van der Waals surface area contributed by atoms with Gasteiger partial charge < -0.3 is 14.7 Å². The van der Waals surface area contributed by atoms with Crippen molar-refractivity contribution < 1.29 is 9.18 Å². The highest BCUT2D eigenvalue weighted by Gasteiger charge is 2.25. The zero-order valence-electron chi connectivity index (χ0n) is 16.2. The van der Waals surface area contributed by atoms with Crippen LogP contribution >= 0.6 is 0 Å². The monoisotopic (exact) mass is 383 g/mol. The zero-order chi connectivity index (χ0) is 19.5. The summed E-state index contributed by atoms with van der Waals surface area (Å²) < 4.78 is 13.9. The van der Waals surface area contributed by atoms with E-state index in [0.29, 0.717) is 26.2 Å². The lowest BCUT2D eigenvalue weighted by Gasteiger charge is -2.35. The number of carbonyl (C=O) groups excluding carboxylic acids is 1. The van der Waals surface area contributed by atoms with E-state index in [9.17, 15) is 9.18 Å². The van der Waals surface area contributed by atoms with Crippen molar-refractivity contribution >= 4 is 17.5 Å². The van der Waals surface area contributed by atoms with Crippen LogP contribution in [0, 0.1) is 11.7 Å². The third-order valence-electron chi connectivity index (χ3n) is 5.74. The maximum atomic E-state index is 13.9. The normalized spacial score (nSPS) is 18.4. The van der Waals surface area contributed by atoms with Crippen LogP contribution in [0.3, 0.4) is 0 Å². The van der Waals surface area contributed by atoms with Gasteiger partial charge in [-0.2, -0.15) is 0 Å². The van der Waals surface area contributed by atoms with Crippen LogP contribution < -0.4 is 9.80 Å². The van der Waals surface area contributed by atoms with Crippen LogP contribution in [0.4, 0.5) is 16.0 Å². The molecule has 0 radical (unpaired) electrons. The van der Waals surface area contributed by atoms with Crippen LogP contribution in [0.2, 0.25) is 0 Å². The standard InChI is InChI=1S/C21H26FN5O/c1-16-8-10-25(11-9-16)19-6-7-20(24-23-19)26-12-14-27(15-13-26)21(28)17-4-2-3-5-18(17)22/h2-7,16H,8-15H2,1H3. The second-order valence-corrected chi connectivity index (χ2v) is 7.68. The molecule has 4 rings (SSSR count). The van der Waals surface area contributed by atoms with Crippen molar-refractivity contribution in [1.82, 2.24) is 15.1 Å². The number of benzene rings is 1. The molecule has 2 aromatic rings. The maximum Gasteiger partial charge on any atom is 0.256 e. The molecule has 2 aliphatic rings. The molecule has 1 aromatic carbocycles.